The molecule has 1 fully saturated rings. The zero-order valence-corrected chi connectivity index (χ0v) is 12.1. The molecule has 1 N–H and O–H groups in total. The Morgan fingerprint density at radius 1 is 1.11 bits per heavy atom. The minimum absolute atomic E-state index is 0.620. The van der Waals surface area contributed by atoms with Crippen LogP contribution in [0.5, 0.6) is 0 Å². The van der Waals surface area contributed by atoms with Crippen molar-refractivity contribution >= 4 is 0 Å². The maximum absolute atomic E-state index is 9.81. The monoisotopic (exact) mass is 268 g/mol. The molecule has 6 nitrogen and oxygen atoms in total. The van der Waals surface area contributed by atoms with Gasteiger partial charge in [0.1, 0.15) is 0 Å². The summed E-state index contributed by atoms with van der Waals surface area (Å²) in [7, 11) is 0. The van der Waals surface area contributed by atoms with Gasteiger partial charge in [-0.3, -0.25) is 9.80 Å². The highest BCUT2D eigenvalue weighted by atomic mass is 16.4. The number of nitrogens with zero attached hydrogens (tertiary/aromatic N) is 4. The van der Waals surface area contributed by atoms with Crippen LogP contribution in [-0.4, -0.2) is 63.4 Å². The lowest BCUT2D eigenvalue weighted by molar-refractivity contribution is 0.0155. The Bertz CT molecular complexity index is 392. The van der Waals surface area contributed by atoms with E-state index in [1.54, 1.807) is 0 Å². The van der Waals surface area contributed by atoms with E-state index in [0.29, 0.717) is 11.8 Å². The fourth-order valence-electron chi connectivity index (χ4n) is 2.34. The molecule has 2 heterocycles. The molecule has 0 spiro atoms. The summed E-state index contributed by atoms with van der Waals surface area (Å²) in [6, 6.07) is 0. The highest BCUT2D eigenvalue weighted by Gasteiger charge is 2.23. The number of aliphatic hydroxyl groups is 1. The van der Waals surface area contributed by atoms with Gasteiger partial charge in [-0.1, -0.05) is 6.92 Å². The normalized spacial score (nSPS) is 18.9. The molecule has 0 radical (unpaired) electrons. The van der Waals surface area contributed by atoms with Gasteiger partial charge in [-0.2, -0.15) is 0 Å². The predicted molar refractivity (Wildman–Crippen MR) is 71.7 cm³/mol. The van der Waals surface area contributed by atoms with E-state index in [0.717, 1.165) is 45.7 Å². The van der Waals surface area contributed by atoms with Crippen LogP contribution in [0.15, 0.2) is 4.42 Å². The Labute approximate surface area is 114 Å². The Hall–Kier alpha value is -0.980. The summed E-state index contributed by atoms with van der Waals surface area (Å²) in [5, 5.41) is 17.8. The van der Waals surface area contributed by atoms with Gasteiger partial charge in [-0.25, -0.2) is 0 Å². The van der Waals surface area contributed by atoms with Crippen molar-refractivity contribution in [3.8, 4) is 0 Å². The predicted octanol–water partition coefficient (Wildman–Crippen LogP) is 0.520. The Balaban J connectivity index is 1.77. The van der Waals surface area contributed by atoms with Crippen LogP contribution in [0.1, 0.15) is 32.6 Å². The molecule has 0 saturated carbocycles. The molecule has 1 aromatic heterocycles. The second-order valence-corrected chi connectivity index (χ2v) is 5.81. The molecule has 6 heteroatoms. The van der Waals surface area contributed by atoms with Crippen molar-refractivity contribution in [1.29, 1.82) is 0 Å². The molecule has 1 aromatic rings. The van der Waals surface area contributed by atoms with Gasteiger partial charge in [0.05, 0.1) is 12.1 Å². The van der Waals surface area contributed by atoms with Gasteiger partial charge in [-0.15, -0.1) is 10.2 Å². The van der Waals surface area contributed by atoms with Crippen molar-refractivity contribution in [3.63, 3.8) is 0 Å². The van der Waals surface area contributed by atoms with Gasteiger partial charge in [0.2, 0.25) is 11.8 Å². The molecule has 0 amide bonds. The minimum Gasteiger partial charge on any atom is -0.424 e. The molecule has 0 bridgehead atoms. The molecule has 108 valence electrons. The van der Waals surface area contributed by atoms with Crippen LogP contribution in [-0.2, 0) is 13.0 Å². The lowest BCUT2D eigenvalue weighted by Crippen LogP contribution is -2.50. The minimum atomic E-state index is -0.620. The van der Waals surface area contributed by atoms with E-state index in [1.165, 1.54) is 0 Å². The van der Waals surface area contributed by atoms with E-state index in [-0.39, 0.29) is 0 Å². The van der Waals surface area contributed by atoms with Gasteiger partial charge in [-0.05, 0) is 13.8 Å². The van der Waals surface area contributed by atoms with Crippen LogP contribution in [0.2, 0.25) is 0 Å². The molecule has 2 rings (SSSR count). The van der Waals surface area contributed by atoms with Crippen LogP contribution in [0.3, 0.4) is 0 Å². The third-order valence-electron chi connectivity index (χ3n) is 3.25. The smallest absolute Gasteiger partial charge is 0.230 e. The number of rotatable bonds is 5. The van der Waals surface area contributed by atoms with Gasteiger partial charge in [0, 0.05) is 39.1 Å². The lowest BCUT2D eigenvalue weighted by atomic mass is 10.1. The Morgan fingerprint density at radius 3 is 2.21 bits per heavy atom. The van der Waals surface area contributed by atoms with Crippen molar-refractivity contribution < 1.29 is 9.52 Å². The Morgan fingerprint density at radius 2 is 1.68 bits per heavy atom. The highest BCUT2D eigenvalue weighted by molar-refractivity contribution is 4.84. The number of β-amino-alcohol motifs (C(OH)–C–C–N with tert-alkyl or cyclic N) is 1. The second kappa shape index (κ2) is 5.98. The van der Waals surface area contributed by atoms with Crippen molar-refractivity contribution in [1.82, 2.24) is 20.0 Å². The molecular formula is C13H24N4O2. The third kappa shape index (κ3) is 4.56. The standard InChI is InChI=1S/C13H24N4O2/c1-4-11-14-15-12(19-11)9-16-5-7-17(8-6-16)10-13(2,3)18/h18H,4-10H2,1-3H3. The van der Waals surface area contributed by atoms with Crippen LogP contribution >= 0.6 is 0 Å². The summed E-state index contributed by atoms with van der Waals surface area (Å²) in [6.07, 6.45) is 0.784. The number of hydrogen-bond acceptors (Lipinski definition) is 6. The number of aryl methyl sites for hydroxylation is 1. The Kier molecular flexibility index (Phi) is 4.54. The van der Waals surface area contributed by atoms with Crippen LogP contribution < -0.4 is 0 Å². The number of aromatic nitrogens is 2. The van der Waals surface area contributed by atoms with E-state index >= 15 is 0 Å². The van der Waals surface area contributed by atoms with E-state index in [2.05, 4.69) is 20.0 Å². The maximum atomic E-state index is 9.81. The summed E-state index contributed by atoms with van der Waals surface area (Å²) >= 11 is 0. The van der Waals surface area contributed by atoms with Crippen molar-refractivity contribution in [2.45, 2.75) is 39.3 Å². The van der Waals surface area contributed by atoms with Gasteiger partial charge in [0.25, 0.3) is 0 Å². The first kappa shape index (κ1) is 14.4. The maximum Gasteiger partial charge on any atom is 0.230 e. The van der Waals surface area contributed by atoms with Gasteiger partial charge in [0.15, 0.2) is 0 Å². The van der Waals surface area contributed by atoms with Gasteiger partial charge >= 0.3 is 0 Å². The number of piperazine rings is 1. The third-order valence-corrected chi connectivity index (χ3v) is 3.25. The molecule has 1 aliphatic heterocycles. The first-order chi connectivity index (χ1) is 8.96. The average molecular weight is 268 g/mol. The molecule has 0 atom stereocenters. The fraction of sp³-hybridized carbons (Fsp3) is 0.846. The van der Waals surface area contributed by atoms with Crippen LogP contribution in [0, 0.1) is 0 Å². The van der Waals surface area contributed by atoms with Crippen LogP contribution in [0.4, 0.5) is 0 Å². The molecule has 1 aliphatic rings. The molecule has 19 heavy (non-hydrogen) atoms. The van der Waals surface area contributed by atoms with E-state index < -0.39 is 5.60 Å². The lowest BCUT2D eigenvalue weighted by Gasteiger charge is -2.36. The van der Waals surface area contributed by atoms with Crippen LogP contribution in [0.25, 0.3) is 0 Å². The zero-order chi connectivity index (χ0) is 13.9. The van der Waals surface area contributed by atoms with E-state index in [4.69, 9.17) is 4.42 Å². The SMILES string of the molecule is CCc1nnc(CN2CCN(CC(C)(C)O)CC2)o1. The largest absolute Gasteiger partial charge is 0.424 e. The summed E-state index contributed by atoms with van der Waals surface area (Å²) < 4.78 is 5.53. The van der Waals surface area contributed by atoms with E-state index in [1.807, 2.05) is 20.8 Å². The molecule has 0 aromatic carbocycles. The molecule has 0 aliphatic carbocycles. The summed E-state index contributed by atoms with van der Waals surface area (Å²) in [4.78, 5) is 4.61. The topological polar surface area (TPSA) is 65.6 Å². The zero-order valence-electron chi connectivity index (χ0n) is 12.1. The average Bonchev–Trinajstić information content (AvgIpc) is 2.77. The molecular weight excluding hydrogens is 244 g/mol. The molecule has 0 unspecified atom stereocenters. The summed E-state index contributed by atoms with van der Waals surface area (Å²) in [5.74, 6) is 1.41. The fourth-order valence-corrected chi connectivity index (χ4v) is 2.34. The van der Waals surface area contributed by atoms with Gasteiger partial charge < -0.3 is 9.52 Å². The first-order valence-electron chi connectivity index (χ1n) is 6.94. The second-order valence-electron chi connectivity index (χ2n) is 5.81. The first-order valence-corrected chi connectivity index (χ1v) is 6.94. The van der Waals surface area contributed by atoms with Crippen molar-refractivity contribution in [3.05, 3.63) is 11.8 Å². The number of hydrogen-bond donors (Lipinski definition) is 1. The summed E-state index contributed by atoms with van der Waals surface area (Å²) in [6.45, 7) is 11.0. The van der Waals surface area contributed by atoms with Crippen molar-refractivity contribution in [2.24, 2.45) is 0 Å². The quantitative estimate of drug-likeness (QED) is 0.840. The van der Waals surface area contributed by atoms with E-state index in [9.17, 15) is 5.11 Å². The molecule has 1 saturated heterocycles. The summed E-state index contributed by atoms with van der Waals surface area (Å²) in [5.41, 5.74) is -0.620. The highest BCUT2D eigenvalue weighted by Crippen LogP contribution is 2.11. The van der Waals surface area contributed by atoms with Crippen molar-refractivity contribution in [2.75, 3.05) is 32.7 Å².